The van der Waals surface area contributed by atoms with Gasteiger partial charge in [-0.15, -0.1) is 0 Å². The molecule has 8 nitrogen and oxygen atoms in total. The number of rotatable bonds is 2. The molecule has 0 spiro atoms. The van der Waals surface area contributed by atoms with Crippen LogP contribution in [0, 0.1) is 11.8 Å². The first-order chi connectivity index (χ1) is 10.3. The standard InChI is InChI=1S/C13H20N4O4S/c1-15-8-11(12(18)16(2)13(15)19)22(20,21)17-4-3-9-5-14-6-10(9)7-17/h8-10,14H,3-7H2,1-2H3. The number of fused-ring (bicyclic) bond motifs is 1. The molecule has 1 aromatic rings. The summed E-state index contributed by atoms with van der Waals surface area (Å²) in [4.78, 5) is 23.6. The van der Waals surface area contributed by atoms with Crippen molar-refractivity contribution in [2.45, 2.75) is 11.3 Å². The van der Waals surface area contributed by atoms with E-state index in [1.165, 1.54) is 18.4 Å². The highest BCUT2D eigenvalue weighted by molar-refractivity contribution is 7.89. The van der Waals surface area contributed by atoms with E-state index in [1.807, 2.05) is 0 Å². The number of nitrogens with one attached hydrogen (secondary N) is 1. The molecule has 22 heavy (non-hydrogen) atoms. The van der Waals surface area contributed by atoms with Gasteiger partial charge in [0, 0.05) is 33.4 Å². The fourth-order valence-electron chi connectivity index (χ4n) is 3.31. The van der Waals surface area contributed by atoms with Gasteiger partial charge < -0.3 is 9.88 Å². The van der Waals surface area contributed by atoms with E-state index in [0.717, 1.165) is 34.8 Å². The molecule has 9 heteroatoms. The first-order valence-corrected chi connectivity index (χ1v) is 8.74. The molecule has 3 heterocycles. The van der Waals surface area contributed by atoms with Crippen LogP contribution in [0.2, 0.25) is 0 Å². The molecule has 2 aliphatic rings. The molecule has 1 N–H and O–H groups in total. The molecule has 2 atom stereocenters. The van der Waals surface area contributed by atoms with Gasteiger partial charge in [-0.1, -0.05) is 0 Å². The third-order valence-electron chi connectivity index (χ3n) is 4.70. The number of sulfonamides is 1. The molecule has 3 rings (SSSR count). The minimum Gasteiger partial charge on any atom is -0.316 e. The largest absolute Gasteiger partial charge is 0.330 e. The summed E-state index contributed by atoms with van der Waals surface area (Å²) in [5.74, 6) is 0.800. The van der Waals surface area contributed by atoms with E-state index in [9.17, 15) is 18.0 Å². The van der Waals surface area contributed by atoms with Crippen LogP contribution in [0.4, 0.5) is 0 Å². The van der Waals surface area contributed by atoms with Crippen molar-refractivity contribution < 1.29 is 8.42 Å². The lowest BCUT2D eigenvalue weighted by Crippen LogP contribution is -2.47. The predicted molar refractivity (Wildman–Crippen MR) is 80.1 cm³/mol. The van der Waals surface area contributed by atoms with Crippen molar-refractivity contribution >= 4 is 10.0 Å². The zero-order valence-corrected chi connectivity index (χ0v) is 13.5. The number of nitrogens with zero attached hydrogens (tertiary/aromatic N) is 3. The number of hydrogen-bond acceptors (Lipinski definition) is 5. The van der Waals surface area contributed by atoms with E-state index >= 15 is 0 Å². The van der Waals surface area contributed by atoms with Gasteiger partial charge in [-0.3, -0.25) is 9.36 Å². The number of aryl methyl sites for hydroxylation is 1. The lowest BCUT2D eigenvalue weighted by molar-refractivity contribution is 0.227. The normalized spacial score (nSPS) is 26.1. The SMILES string of the molecule is Cn1cc(S(=O)(=O)N2CCC3CNCC3C2)c(=O)n(C)c1=O. The van der Waals surface area contributed by atoms with E-state index in [-0.39, 0.29) is 4.90 Å². The van der Waals surface area contributed by atoms with Crippen LogP contribution in [0.1, 0.15) is 6.42 Å². The van der Waals surface area contributed by atoms with Gasteiger partial charge in [-0.25, -0.2) is 13.2 Å². The lowest BCUT2D eigenvalue weighted by atomic mass is 9.90. The summed E-state index contributed by atoms with van der Waals surface area (Å²) < 4.78 is 28.9. The summed E-state index contributed by atoms with van der Waals surface area (Å²) in [5, 5.41) is 3.28. The third kappa shape index (κ3) is 2.33. The molecule has 2 fully saturated rings. The van der Waals surface area contributed by atoms with E-state index in [4.69, 9.17) is 0 Å². The molecule has 2 aliphatic heterocycles. The van der Waals surface area contributed by atoms with Crippen LogP contribution in [0.25, 0.3) is 0 Å². The number of hydrogen-bond donors (Lipinski definition) is 1. The zero-order valence-electron chi connectivity index (χ0n) is 12.7. The smallest absolute Gasteiger partial charge is 0.316 e. The van der Waals surface area contributed by atoms with Crippen molar-refractivity contribution in [3.05, 3.63) is 27.0 Å². The first kappa shape index (κ1) is 15.4. The van der Waals surface area contributed by atoms with Crippen LogP contribution in [-0.4, -0.2) is 48.0 Å². The van der Waals surface area contributed by atoms with Crippen molar-refractivity contribution in [1.29, 1.82) is 0 Å². The maximum atomic E-state index is 12.8. The summed E-state index contributed by atoms with van der Waals surface area (Å²) in [6.07, 6.45) is 1.92. The van der Waals surface area contributed by atoms with Gasteiger partial charge in [0.1, 0.15) is 0 Å². The van der Waals surface area contributed by atoms with Crippen molar-refractivity contribution in [2.75, 3.05) is 26.2 Å². The molecule has 1 aromatic heterocycles. The molecular formula is C13H20N4O4S. The lowest BCUT2D eigenvalue weighted by Gasteiger charge is -2.33. The van der Waals surface area contributed by atoms with Crippen LogP contribution >= 0.6 is 0 Å². The Bertz CT molecular complexity index is 810. The van der Waals surface area contributed by atoms with Crippen molar-refractivity contribution in [2.24, 2.45) is 25.9 Å². The highest BCUT2D eigenvalue weighted by atomic mass is 32.2. The van der Waals surface area contributed by atoms with Crippen LogP contribution in [0.15, 0.2) is 20.7 Å². The van der Waals surface area contributed by atoms with Crippen LogP contribution in [-0.2, 0) is 24.1 Å². The summed E-state index contributed by atoms with van der Waals surface area (Å²) in [6, 6.07) is 0. The van der Waals surface area contributed by atoms with Gasteiger partial charge in [0.2, 0.25) is 10.0 Å². The molecule has 0 aromatic carbocycles. The summed E-state index contributed by atoms with van der Waals surface area (Å²) in [5.41, 5.74) is -1.31. The second-order valence-corrected chi connectivity index (χ2v) is 7.99. The maximum Gasteiger partial charge on any atom is 0.330 e. The predicted octanol–water partition coefficient (Wildman–Crippen LogP) is -1.69. The van der Waals surface area contributed by atoms with Gasteiger partial charge in [0.05, 0.1) is 0 Å². The van der Waals surface area contributed by atoms with E-state index in [0.29, 0.717) is 24.9 Å². The maximum absolute atomic E-state index is 12.8. The van der Waals surface area contributed by atoms with Crippen molar-refractivity contribution in [1.82, 2.24) is 18.8 Å². The zero-order chi connectivity index (χ0) is 16.1. The monoisotopic (exact) mass is 328 g/mol. The molecule has 0 aliphatic carbocycles. The van der Waals surface area contributed by atoms with Gasteiger partial charge >= 0.3 is 5.69 Å². The Labute approximate surface area is 128 Å². The van der Waals surface area contributed by atoms with Crippen molar-refractivity contribution in [3.63, 3.8) is 0 Å². The Kier molecular flexibility index (Phi) is 3.74. The molecule has 122 valence electrons. The van der Waals surface area contributed by atoms with Gasteiger partial charge in [0.15, 0.2) is 4.90 Å². The first-order valence-electron chi connectivity index (χ1n) is 7.30. The average Bonchev–Trinajstić information content (AvgIpc) is 2.96. The minimum absolute atomic E-state index is 0.292. The Morgan fingerprint density at radius 1 is 1.18 bits per heavy atom. The molecule has 0 radical (unpaired) electrons. The Balaban J connectivity index is 2.00. The van der Waals surface area contributed by atoms with Crippen LogP contribution in [0.3, 0.4) is 0 Å². The minimum atomic E-state index is -3.88. The fraction of sp³-hybridized carbons (Fsp3) is 0.692. The quantitative estimate of drug-likeness (QED) is 0.699. The molecular weight excluding hydrogens is 308 g/mol. The molecule has 0 bridgehead atoms. The second-order valence-electron chi connectivity index (χ2n) is 6.08. The molecule has 2 saturated heterocycles. The van der Waals surface area contributed by atoms with Crippen LogP contribution < -0.4 is 16.6 Å². The average molecular weight is 328 g/mol. The topological polar surface area (TPSA) is 93.4 Å². The third-order valence-corrected chi connectivity index (χ3v) is 6.55. The van der Waals surface area contributed by atoms with E-state index in [2.05, 4.69) is 5.32 Å². The summed E-state index contributed by atoms with van der Waals surface area (Å²) >= 11 is 0. The van der Waals surface area contributed by atoms with Gasteiger partial charge in [0.25, 0.3) is 5.56 Å². The van der Waals surface area contributed by atoms with E-state index in [1.54, 1.807) is 0 Å². The molecule has 0 amide bonds. The fourth-order valence-corrected chi connectivity index (χ4v) is 4.97. The highest BCUT2D eigenvalue weighted by Gasteiger charge is 2.39. The van der Waals surface area contributed by atoms with Crippen molar-refractivity contribution in [3.8, 4) is 0 Å². The number of aromatic nitrogens is 2. The second kappa shape index (κ2) is 5.32. The Morgan fingerprint density at radius 2 is 1.86 bits per heavy atom. The summed E-state index contributed by atoms with van der Waals surface area (Å²) in [6.45, 7) is 2.57. The highest BCUT2D eigenvalue weighted by Crippen LogP contribution is 2.29. The molecule has 0 saturated carbocycles. The van der Waals surface area contributed by atoms with Gasteiger partial charge in [-0.05, 0) is 31.3 Å². The molecule has 2 unspecified atom stereocenters. The van der Waals surface area contributed by atoms with E-state index < -0.39 is 21.3 Å². The Hall–Kier alpha value is -1.45. The number of piperidine rings is 1. The van der Waals surface area contributed by atoms with Crippen LogP contribution in [0.5, 0.6) is 0 Å². The Morgan fingerprint density at radius 3 is 2.59 bits per heavy atom. The van der Waals surface area contributed by atoms with Gasteiger partial charge in [-0.2, -0.15) is 4.31 Å². The summed E-state index contributed by atoms with van der Waals surface area (Å²) in [7, 11) is -1.15.